The second kappa shape index (κ2) is 6.48. The van der Waals surface area contributed by atoms with Crippen LogP contribution >= 0.6 is 0 Å². The Morgan fingerprint density at radius 3 is 2.05 bits per heavy atom. The second-order valence-corrected chi connectivity index (χ2v) is 4.81. The van der Waals surface area contributed by atoms with Gasteiger partial charge in [-0.05, 0) is 41.7 Å². The Kier molecular flexibility index (Phi) is 4.69. The first-order chi connectivity index (χ1) is 9.22. The van der Waals surface area contributed by atoms with Crippen LogP contribution in [0.15, 0.2) is 48.5 Å². The van der Waals surface area contributed by atoms with Gasteiger partial charge in [0.15, 0.2) is 0 Å². The highest BCUT2D eigenvalue weighted by Crippen LogP contribution is 2.21. The zero-order valence-electron chi connectivity index (χ0n) is 11.1. The molecule has 1 nitrogen and oxygen atoms in total. The van der Waals surface area contributed by atoms with Crippen molar-refractivity contribution < 1.29 is 9.50 Å². The first kappa shape index (κ1) is 13.8. The van der Waals surface area contributed by atoms with Crippen LogP contribution in [0.25, 0.3) is 0 Å². The summed E-state index contributed by atoms with van der Waals surface area (Å²) >= 11 is 0. The van der Waals surface area contributed by atoms with E-state index in [2.05, 4.69) is 31.2 Å². The fourth-order valence-corrected chi connectivity index (χ4v) is 2.22. The van der Waals surface area contributed by atoms with Crippen LogP contribution in [0.2, 0.25) is 0 Å². The van der Waals surface area contributed by atoms with Crippen molar-refractivity contribution in [2.24, 2.45) is 0 Å². The van der Waals surface area contributed by atoms with Gasteiger partial charge in [0.1, 0.15) is 5.82 Å². The molecule has 100 valence electrons. The Labute approximate surface area is 113 Å². The van der Waals surface area contributed by atoms with E-state index in [1.54, 1.807) is 12.1 Å². The number of rotatable bonds is 5. The molecule has 0 saturated heterocycles. The van der Waals surface area contributed by atoms with Crippen molar-refractivity contribution in [2.75, 3.05) is 6.61 Å². The average molecular weight is 258 g/mol. The minimum atomic E-state index is -0.243. The highest BCUT2D eigenvalue weighted by atomic mass is 19.1. The van der Waals surface area contributed by atoms with Gasteiger partial charge in [-0.2, -0.15) is 0 Å². The number of halogens is 1. The molecule has 0 amide bonds. The zero-order valence-corrected chi connectivity index (χ0v) is 11.1. The monoisotopic (exact) mass is 258 g/mol. The van der Waals surface area contributed by atoms with Crippen molar-refractivity contribution in [3.05, 3.63) is 71.0 Å². The molecule has 1 N–H and O–H groups in total. The molecule has 0 aliphatic carbocycles. The van der Waals surface area contributed by atoms with Gasteiger partial charge in [0, 0.05) is 5.92 Å². The molecule has 0 saturated carbocycles. The molecule has 2 heteroatoms. The van der Waals surface area contributed by atoms with Gasteiger partial charge in [-0.15, -0.1) is 0 Å². The lowest BCUT2D eigenvalue weighted by atomic mass is 9.92. The van der Waals surface area contributed by atoms with Crippen molar-refractivity contribution in [3.8, 4) is 0 Å². The topological polar surface area (TPSA) is 20.2 Å². The summed E-state index contributed by atoms with van der Waals surface area (Å²) in [5, 5.41) is 9.52. The molecule has 0 bridgehead atoms. The Morgan fingerprint density at radius 2 is 1.53 bits per heavy atom. The lowest BCUT2D eigenvalue weighted by Gasteiger charge is -2.15. The van der Waals surface area contributed by atoms with E-state index in [0.717, 1.165) is 18.4 Å². The largest absolute Gasteiger partial charge is 0.396 e. The van der Waals surface area contributed by atoms with Gasteiger partial charge in [-0.1, -0.05) is 43.3 Å². The average Bonchev–Trinajstić information content (AvgIpc) is 2.46. The van der Waals surface area contributed by atoms with E-state index < -0.39 is 0 Å². The molecule has 19 heavy (non-hydrogen) atoms. The van der Waals surface area contributed by atoms with E-state index in [4.69, 9.17) is 0 Å². The summed E-state index contributed by atoms with van der Waals surface area (Å²) in [6.45, 7) is 2.20. The molecule has 0 fully saturated rings. The van der Waals surface area contributed by atoms with Crippen molar-refractivity contribution >= 4 is 0 Å². The molecule has 1 unspecified atom stereocenters. The summed E-state index contributed by atoms with van der Waals surface area (Å²) in [5.41, 5.74) is 3.48. The highest BCUT2D eigenvalue weighted by Gasteiger charge is 2.11. The van der Waals surface area contributed by atoms with Crippen molar-refractivity contribution in [1.29, 1.82) is 0 Å². The predicted octanol–water partition coefficient (Wildman–Crippen LogP) is 3.71. The summed E-state index contributed by atoms with van der Waals surface area (Å²) < 4.78 is 12.9. The molecule has 2 aromatic rings. The predicted molar refractivity (Wildman–Crippen MR) is 75.8 cm³/mol. The Balaban J connectivity index is 2.11. The van der Waals surface area contributed by atoms with Gasteiger partial charge >= 0.3 is 0 Å². The van der Waals surface area contributed by atoms with Gasteiger partial charge in [0.05, 0.1) is 6.61 Å². The van der Waals surface area contributed by atoms with E-state index in [1.807, 2.05) is 0 Å². The maximum absolute atomic E-state index is 12.9. The quantitative estimate of drug-likeness (QED) is 0.867. The van der Waals surface area contributed by atoms with Crippen LogP contribution in [0.1, 0.15) is 29.5 Å². The van der Waals surface area contributed by atoms with Gasteiger partial charge in [-0.25, -0.2) is 4.39 Å². The molecule has 0 heterocycles. The smallest absolute Gasteiger partial charge is 0.123 e. The molecule has 0 spiro atoms. The Bertz CT molecular complexity index is 502. The van der Waals surface area contributed by atoms with Gasteiger partial charge in [-0.3, -0.25) is 0 Å². The Hall–Kier alpha value is -1.67. The van der Waals surface area contributed by atoms with Gasteiger partial charge in [0.25, 0.3) is 0 Å². The number of aryl methyl sites for hydroxylation is 1. The zero-order chi connectivity index (χ0) is 13.7. The minimum Gasteiger partial charge on any atom is -0.396 e. The van der Waals surface area contributed by atoms with Crippen molar-refractivity contribution in [2.45, 2.75) is 25.7 Å². The van der Waals surface area contributed by atoms with E-state index in [1.165, 1.54) is 23.3 Å². The van der Waals surface area contributed by atoms with Gasteiger partial charge in [0.2, 0.25) is 0 Å². The number of hydrogen-bond donors (Lipinski definition) is 1. The van der Waals surface area contributed by atoms with E-state index in [9.17, 15) is 9.50 Å². The fraction of sp³-hybridized carbons (Fsp3) is 0.294. The number of hydrogen-bond acceptors (Lipinski definition) is 1. The summed E-state index contributed by atoms with van der Waals surface area (Å²) in [7, 11) is 0. The normalized spacial score (nSPS) is 12.4. The van der Waals surface area contributed by atoms with E-state index in [-0.39, 0.29) is 18.3 Å². The first-order valence-corrected chi connectivity index (χ1v) is 6.67. The third-order valence-electron chi connectivity index (χ3n) is 3.48. The fourth-order valence-electron chi connectivity index (χ4n) is 2.22. The van der Waals surface area contributed by atoms with Crippen molar-refractivity contribution in [1.82, 2.24) is 0 Å². The van der Waals surface area contributed by atoms with Gasteiger partial charge < -0.3 is 5.11 Å². The highest BCUT2D eigenvalue weighted by molar-refractivity contribution is 5.27. The standard InChI is InChI=1S/C17H19FO/c1-2-13-3-5-14(6-4-13)11-16(12-19)15-7-9-17(18)10-8-15/h3-10,16,19H,2,11-12H2,1H3. The summed E-state index contributed by atoms with van der Waals surface area (Å²) in [6, 6.07) is 14.8. The molecule has 0 aliphatic heterocycles. The number of aliphatic hydroxyl groups excluding tert-OH is 1. The number of aliphatic hydroxyl groups is 1. The first-order valence-electron chi connectivity index (χ1n) is 6.67. The summed E-state index contributed by atoms with van der Waals surface area (Å²) in [4.78, 5) is 0. The van der Waals surface area contributed by atoms with Crippen LogP contribution in [0.4, 0.5) is 4.39 Å². The van der Waals surface area contributed by atoms with E-state index >= 15 is 0 Å². The minimum absolute atomic E-state index is 0.0214. The summed E-state index contributed by atoms with van der Waals surface area (Å²) in [6.07, 6.45) is 1.80. The lowest BCUT2D eigenvalue weighted by Crippen LogP contribution is -2.07. The molecule has 0 radical (unpaired) electrons. The Morgan fingerprint density at radius 1 is 0.947 bits per heavy atom. The molecule has 2 rings (SSSR count). The third kappa shape index (κ3) is 3.65. The molecule has 0 aromatic heterocycles. The molecule has 2 aromatic carbocycles. The van der Waals surface area contributed by atoms with Crippen LogP contribution < -0.4 is 0 Å². The molecule has 1 atom stereocenters. The van der Waals surface area contributed by atoms with Crippen LogP contribution in [0.3, 0.4) is 0 Å². The second-order valence-electron chi connectivity index (χ2n) is 4.81. The maximum atomic E-state index is 12.9. The third-order valence-corrected chi connectivity index (χ3v) is 3.48. The van der Waals surface area contributed by atoms with Crippen LogP contribution in [0.5, 0.6) is 0 Å². The summed E-state index contributed by atoms with van der Waals surface area (Å²) in [5.74, 6) is -0.221. The SMILES string of the molecule is CCc1ccc(CC(CO)c2ccc(F)cc2)cc1. The van der Waals surface area contributed by atoms with Crippen molar-refractivity contribution in [3.63, 3.8) is 0 Å². The van der Waals surface area contributed by atoms with Crippen LogP contribution in [-0.2, 0) is 12.8 Å². The molecular formula is C17H19FO. The molecular weight excluding hydrogens is 239 g/mol. The van der Waals surface area contributed by atoms with Crippen LogP contribution in [-0.4, -0.2) is 11.7 Å². The number of benzene rings is 2. The maximum Gasteiger partial charge on any atom is 0.123 e. The molecule has 0 aliphatic rings. The van der Waals surface area contributed by atoms with Crippen LogP contribution in [0, 0.1) is 5.82 Å². The van der Waals surface area contributed by atoms with E-state index in [0.29, 0.717) is 0 Å². The lowest BCUT2D eigenvalue weighted by molar-refractivity contribution is 0.264.